The first kappa shape index (κ1) is 18.5. The van der Waals surface area contributed by atoms with Gasteiger partial charge in [-0.1, -0.05) is 12.1 Å². The highest BCUT2D eigenvalue weighted by atomic mass is 32.2. The van der Waals surface area contributed by atoms with Gasteiger partial charge in [0, 0.05) is 19.6 Å². The second-order valence-electron chi connectivity index (χ2n) is 6.65. The van der Waals surface area contributed by atoms with Crippen molar-refractivity contribution in [3.05, 3.63) is 35.4 Å². The molecule has 8 nitrogen and oxygen atoms in total. The molecule has 9 heteroatoms. The summed E-state index contributed by atoms with van der Waals surface area (Å²) in [4.78, 5) is 37.6. The Kier molecular flexibility index (Phi) is 5.10. The third kappa shape index (κ3) is 3.78. The van der Waals surface area contributed by atoms with Crippen LogP contribution in [-0.4, -0.2) is 67.8 Å². The number of hydrogen-bond donors (Lipinski definition) is 1. The van der Waals surface area contributed by atoms with Crippen LogP contribution in [-0.2, 0) is 14.8 Å². The summed E-state index contributed by atoms with van der Waals surface area (Å²) in [6.45, 7) is 0.976. The third-order valence-electron chi connectivity index (χ3n) is 4.81. The van der Waals surface area contributed by atoms with E-state index in [1.54, 1.807) is 24.3 Å². The van der Waals surface area contributed by atoms with Gasteiger partial charge in [0.05, 0.1) is 17.4 Å². The van der Waals surface area contributed by atoms with E-state index in [2.05, 4.69) is 5.32 Å². The number of amides is 3. The van der Waals surface area contributed by atoms with Crippen molar-refractivity contribution in [2.75, 3.05) is 32.4 Å². The van der Waals surface area contributed by atoms with Crippen molar-refractivity contribution in [2.24, 2.45) is 5.92 Å². The van der Waals surface area contributed by atoms with Crippen LogP contribution in [0.3, 0.4) is 0 Å². The molecule has 0 radical (unpaired) electrons. The molecule has 1 N–H and O–H groups in total. The van der Waals surface area contributed by atoms with Crippen LogP contribution in [0.5, 0.6) is 0 Å². The van der Waals surface area contributed by atoms with Gasteiger partial charge in [-0.3, -0.25) is 19.3 Å². The zero-order chi connectivity index (χ0) is 18.9. The number of carbonyl (C=O) groups is 3. The average molecular weight is 379 g/mol. The maximum Gasteiger partial charge on any atom is 0.262 e. The number of fused-ring (bicyclic) bond motifs is 1. The number of imide groups is 1. The van der Waals surface area contributed by atoms with Gasteiger partial charge in [0.1, 0.15) is 6.54 Å². The van der Waals surface area contributed by atoms with Crippen LogP contribution < -0.4 is 5.32 Å². The maximum absolute atomic E-state index is 12.2. The summed E-state index contributed by atoms with van der Waals surface area (Å²) in [5.41, 5.74) is 0.636. The van der Waals surface area contributed by atoms with Crippen molar-refractivity contribution in [1.29, 1.82) is 0 Å². The van der Waals surface area contributed by atoms with Gasteiger partial charge >= 0.3 is 0 Å². The van der Waals surface area contributed by atoms with Crippen LogP contribution >= 0.6 is 0 Å². The Hall–Kier alpha value is -2.26. The molecular formula is C17H21N3O5S. The minimum absolute atomic E-state index is 0.180. The molecule has 2 aliphatic rings. The molecule has 1 aromatic rings. The molecule has 0 spiro atoms. The fourth-order valence-corrected chi connectivity index (χ4v) is 4.16. The lowest BCUT2D eigenvalue weighted by atomic mass is 9.98. The zero-order valence-corrected chi connectivity index (χ0v) is 15.3. The van der Waals surface area contributed by atoms with Crippen molar-refractivity contribution < 1.29 is 22.8 Å². The average Bonchev–Trinajstić information content (AvgIpc) is 2.85. The van der Waals surface area contributed by atoms with Gasteiger partial charge < -0.3 is 5.32 Å². The SMILES string of the molecule is CS(=O)(=O)N1CCC(CNC(=O)CN2C(=O)c3ccccc3C2=O)CC1. The monoisotopic (exact) mass is 379 g/mol. The van der Waals surface area contributed by atoms with E-state index in [4.69, 9.17) is 0 Å². The predicted molar refractivity (Wildman–Crippen MR) is 94.0 cm³/mol. The summed E-state index contributed by atoms with van der Waals surface area (Å²) in [5, 5.41) is 2.75. The van der Waals surface area contributed by atoms with Crippen molar-refractivity contribution in [1.82, 2.24) is 14.5 Å². The van der Waals surface area contributed by atoms with Crippen LogP contribution in [0.1, 0.15) is 33.6 Å². The molecule has 2 aliphatic heterocycles. The molecule has 1 aromatic carbocycles. The summed E-state index contributed by atoms with van der Waals surface area (Å²) in [5.74, 6) is -1.13. The number of hydrogen-bond acceptors (Lipinski definition) is 5. The Balaban J connectivity index is 1.49. The van der Waals surface area contributed by atoms with Gasteiger partial charge in [0.15, 0.2) is 0 Å². The molecule has 0 atom stereocenters. The number of piperidine rings is 1. The number of nitrogens with zero attached hydrogens (tertiary/aromatic N) is 2. The molecule has 1 saturated heterocycles. The Labute approximate surface area is 152 Å². The Morgan fingerprint density at radius 3 is 2.15 bits per heavy atom. The molecule has 0 unspecified atom stereocenters. The smallest absolute Gasteiger partial charge is 0.262 e. The normalized spacial score (nSPS) is 18.9. The van der Waals surface area contributed by atoms with Crippen LogP contribution in [0, 0.1) is 5.92 Å². The van der Waals surface area contributed by atoms with Gasteiger partial charge in [0.25, 0.3) is 11.8 Å². The van der Waals surface area contributed by atoms with Crippen molar-refractivity contribution in [3.8, 4) is 0 Å². The molecule has 2 heterocycles. The molecule has 26 heavy (non-hydrogen) atoms. The summed E-state index contributed by atoms with van der Waals surface area (Å²) in [7, 11) is -3.17. The number of benzene rings is 1. The highest BCUT2D eigenvalue weighted by Gasteiger charge is 2.36. The molecule has 0 aliphatic carbocycles. The molecule has 1 fully saturated rings. The minimum Gasteiger partial charge on any atom is -0.354 e. The molecule has 3 rings (SSSR count). The topological polar surface area (TPSA) is 104 Å². The highest BCUT2D eigenvalue weighted by Crippen LogP contribution is 2.22. The van der Waals surface area contributed by atoms with Crippen molar-refractivity contribution in [3.63, 3.8) is 0 Å². The number of sulfonamides is 1. The van der Waals surface area contributed by atoms with Crippen LogP contribution in [0.15, 0.2) is 24.3 Å². The fourth-order valence-electron chi connectivity index (χ4n) is 3.29. The first-order valence-electron chi connectivity index (χ1n) is 8.44. The van der Waals surface area contributed by atoms with Crippen LogP contribution in [0.4, 0.5) is 0 Å². The Morgan fingerprint density at radius 1 is 1.12 bits per heavy atom. The van der Waals surface area contributed by atoms with E-state index in [0.717, 1.165) is 4.90 Å². The lowest BCUT2D eigenvalue weighted by molar-refractivity contribution is -0.121. The lowest BCUT2D eigenvalue weighted by Gasteiger charge is -2.30. The first-order valence-corrected chi connectivity index (χ1v) is 10.3. The highest BCUT2D eigenvalue weighted by molar-refractivity contribution is 7.88. The Morgan fingerprint density at radius 2 is 1.65 bits per heavy atom. The largest absolute Gasteiger partial charge is 0.354 e. The van der Waals surface area contributed by atoms with Gasteiger partial charge in [0.2, 0.25) is 15.9 Å². The molecule has 3 amide bonds. The number of carbonyl (C=O) groups excluding carboxylic acids is 3. The van der Waals surface area contributed by atoms with Gasteiger partial charge in [-0.15, -0.1) is 0 Å². The Bertz CT molecular complexity index is 809. The molecule has 140 valence electrons. The van der Waals surface area contributed by atoms with E-state index in [-0.39, 0.29) is 12.5 Å². The van der Waals surface area contributed by atoms with E-state index >= 15 is 0 Å². The molecular weight excluding hydrogens is 358 g/mol. The lowest BCUT2D eigenvalue weighted by Crippen LogP contribution is -2.44. The van der Waals surface area contributed by atoms with Gasteiger partial charge in [-0.25, -0.2) is 12.7 Å². The van der Waals surface area contributed by atoms with Crippen molar-refractivity contribution in [2.45, 2.75) is 12.8 Å². The van der Waals surface area contributed by atoms with E-state index < -0.39 is 27.7 Å². The van der Waals surface area contributed by atoms with E-state index in [0.29, 0.717) is 43.6 Å². The van der Waals surface area contributed by atoms with E-state index in [1.165, 1.54) is 10.6 Å². The first-order chi connectivity index (χ1) is 12.3. The molecule has 0 aromatic heterocycles. The number of rotatable bonds is 5. The zero-order valence-electron chi connectivity index (χ0n) is 14.5. The van der Waals surface area contributed by atoms with Crippen molar-refractivity contribution >= 4 is 27.7 Å². The maximum atomic E-state index is 12.2. The van der Waals surface area contributed by atoms with Crippen LogP contribution in [0.25, 0.3) is 0 Å². The predicted octanol–water partition coefficient (Wildman–Crippen LogP) is 0.0704. The molecule has 0 bridgehead atoms. The quantitative estimate of drug-likeness (QED) is 0.729. The third-order valence-corrected chi connectivity index (χ3v) is 6.11. The van der Waals surface area contributed by atoms with Gasteiger partial charge in [-0.05, 0) is 30.9 Å². The van der Waals surface area contributed by atoms with E-state index in [9.17, 15) is 22.8 Å². The summed E-state index contributed by atoms with van der Waals surface area (Å²) in [6.07, 6.45) is 2.53. The minimum atomic E-state index is -3.17. The fraction of sp³-hybridized carbons (Fsp3) is 0.471. The van der Waals surface area contributed by atoms with E-state index in [1.807, 2.05) is 0 Å². The second kappa shape index (κ2) is 7.16. The standard InChI is InChI=1S/C17H21N3O5S/c1-26(24,25)19-8-6-12(7-9-19)10-18-15(21)11-20-16(22)13-4-2-3-5-14(13)17(20)23/h2-5,12H,6-11H2,1H3,(H,18,21). The van der Waals surface area contributed by atoms with Gasteiger partial charge in [-0.2, -0.15) is 0 Å². The summed E-state index contributed by atoms with van der Waals surface area (Å²) in [6, 6.07) is 6.50. The summed E-state index contributed by atoms with van der Waals surface area (Å²) >= 11 is 0. The van der Waals surface area contributed by atoms with Crippen LogP contribution in [0.2, 0.25) is 0 Å². The molecule has 0 saturated carbocycles. The second-order valence-corrected chi connectivity index (χ2v) is 8.63. The number of nitrogens with one attached hydrogen (secondary N) is 1. The summed E-state index contributed by atoms with van der Waals surface area (Å²) < 4.78 is 24.4.